The molecule has 0 bridgehead atoms. The zero-order valence-electron chi connectivity index (χ0n) is 22.8. The van der Waals surface area contributed by atoms with Crippen LogP contribution in [0, 0.1) is 11.7 Å². The molecule has 1 saturated heterocycles. The summed E-state index contributed by atoms with van der Waals surface area (Å²) in [4.78, 5) is 39.8. The van der Waals surface area contributed by atoms with Crippen LogP contribution >= 0.6 is 0 Å². The summed E-state index contributed by atoms with van der Waals surface area (Å²) in [5, 5.41) is 6.24. The first-order valence-corrected chi connectivity index (χ1v) is 16.0. The highest BCUT2D eigenvalue weighted by molar-refractivity contribution is 6.88. The summed E-state index contributed by atoms with van der Waals surface area (Å²) in [6.45, 7) is 14.9. The molecule has 0 aromatic heterocycles. The van der Waals surface area contributed by atoms with Gasteiger partial charge in [-0.3, -0.25) is 14.4 Å². The van der Waals surface area contributed by atoms with Crippen LogP contribution in [-0.2, 0) is 19.1 Å². The van der Waals surface area contributed by atoms with E-state index in [0.29, 0.717) is 49.0 Å². The molecule has 9 heteroatoms. The molecular weight excluding hydrogens is 489 g/mol. The number of nitrogens with zero attached hydrogens (tertiary/aromatic N) is 1. The highest BCUT2D eigenvalue weighted by Gasteiger charge is 2.30. The van der Waals surface area contributed by atoms with Gasteiger partial charge in [-0.05, 0) is 48.2 Å². The number of piperidine rings is 1. The molecule has 37 heavy (non-hydrogen) atoms. The van der Waals surface area contributed by atoms with E-state index < -0.39 is 20.0 Å². The van der Waals surface area contributed by atoms with Gasteiger partial charge in [-0.2, -0.15) is 0 Å². The lowest BCUT2D eigenvalue weighted by Crippen LogP contribution is -2.49. The van der Waals surface area contributed by atoms with Gasteiger partial charge in [0.25, 0.3) is 5.91 Å². The lowest BCUT2D eigenvalue weighted by atomic mass is 9.95. The minimum Gasteiger partial charge on any atom is -0.380 e. The van der Waals surface area contributed by atoms with Crippen LogP contribution in [0.25, 0.3) is 0 Å². The van der Waals surface area contributed by atoms with Crippen molar-refractivity contribution in [3.8, 4) is 0 Å². The molecule has 1 atom stereocenters. The fraction of sp³-hybridized carbons (Fsp3) is 0.464. The van der Waals surface area contributed by atoms with Gasteiger partial charge in [0.05, 0.1) is 14.7 Å². The average molecular weight is 530 g/mol. The van der Waals surface area contributed by atoms with E-state index in [-0.39, 0.29) is 23.5 Å². The van der Waals surface area contributed by atoms with Crippen LogP contribution in [0.4, 0.5) is 10.1 Å². The van der Waals surface area contributed by atoms with Gasteiger partial charge >= 0.3 is 0 Å². The van der Waals surface area contributed by atoms with E-state index in [2.05, 4.69) is 36.9 Å². The molecule has 1 aliphatic rings. The van der Waals surface area contributed by atoms with Crippen LogP contribution in [0.15, 0.2) is 54.2 Å². The average Bonchev–Trinajstić information content (AvgIpc) is 2.83. The van der Waals surface area contributed by atoms with Gasteiger partial charge in [0.1, 0.15) is 11.9 Å². The first kappa shape index (κ1) is 30.2. The number of allylic oxidation sites excluding steroid dienone is 1. The third-order valence-corrected chi connectivity index (χ3v) is 8.49. The Kier molecular flexibility index (Phi) is 11.0. The van der Waals surface area contributed by atoms with Crippen molar-refractivity contribution in [1.82, 2.24) is 10.2 Å². The number of ether oxygens (including phenoxy) is 1. The number of anilines is 1. The summed E-state index contributed by atoms with van der Waals surface area (Å²) in [6, 6.07) is 3.65. The maximum Gasteiger partial charge on any atom is 0.251 e. The second-order valence-electron chi connectivity index (χ2n) is 10.4. The molecule has 2 rings (SSSR count). The van der Waals surface area contributed by atoms with Gasteiger partial charge < -0.3 is 20.3 Å². The number of halogens is 1. The molecule has 1 aromatic carbocycles. The molecule has 1 aromatic rings. The van der Waals surface area contributed by atoms with Crippen LogP contribution < -0.4 is 15.8 Å². The molecule has 2 N–H and O–H groups in total. The Morgan fingerprint density at radius 1 is 1.22 bits per heavy atom. The molecule has 1 aliphatic heterocycles. The van der Waals surface area contributed by atoms with Gasteiger partial charge in [0, 0.05) is 38.7 Å². The molecule has 0 saturated carbocycles. The van der Waals surface area contributed by atoms with E-state index in [1.165, 1.54) is 13.0 Å². The largest absolute Gasteiger partial charge is 0.380 e. The van der Waals surface area contributed by atoms with Gasteiger partial charge in [-0.25, -0.2) is 4.39 Å². The monoisotopic (exact) mass is 529 g/mol. The molecule has 0 radical (unpaired) electrons. The lowest BCUT2D eigenvalue weighted by Gasteiger charge is -2.31. The second kappa shape index (κ2) is 13.5. The molecule has 0 unspecified atom stereocenters. The highest BCUT2D eigenvalue weighted by Crippen LogP contribution is 2.19. The van der Waals surface area contributed by atoms with Crippen molar-refractivity contribution < 1.29 is 23.5 Å². The third kappa shape index (κ3) is 8.79. The van der Waals surface area contributed by atoms with E-state index in [0.717, 1.165) is 5.57 Å². The van der Waals surface area contributed by atoms with Crippen LogP contribution in [0.2, 0.25) is 19.6 Å². The van der Waals surface area contributed by atoms with Crippen molar-refractivity contribution in [1.29, 1.82) is 0 Å². The standard InChI is InChI=1S/C28H40FN3O4Si/c1-8-21(18-36-4)10-9-19(2)26(31-27(34)22-13-15-32(16-14-22)20(3)33)28(35)30-23-11-12-25(24(29)17-23)37(5,6)7/h8-12,17,22,26H,2,13-16,18H2,1,3-7H3,(H,30,35)(H,31,34)/b10-9-,21-8+/t26-/m1/s1. The van der Waals surface area contributed by atoms with E-state index >= 15 is 0 Å². The fourth-order valence-corrected chi connectivity index (χ4v) is 5.54. The maximum atomic E-state index is 14.8. The van der Waals surface area contributed by atoms with Gasteiger partial charge in [-0.15, -0.1) is 0 Å². The fourth-order valence-electron chi connectivity index (χ4n) is 4.16. The Morgan fingerprint density at radius 2 is 1.86 bits per heavy atom. The molecule has 7 nitrogen and oxygen atoms in total. The Balaban J connectivity index is 2.23. The summed E-state index contributed by atoms with van der Waals surface area (Å²) in [5.74, 6) is -1.49. The van der Waals surface area contributed by atoms with Crippen LogP contribution in [0.5, 0.6) is 0 Å². The molecule has 202 valence electrons. The number of carbonyl (C=O) groups is 3. The number of benzene rings is 1. The van der Waals surface area contributed by atoms with Crippen molar-refractivity contribution in [3.05, 3.63) is 60.0 Å². The van der Waals surface area contributed by atoms with Crippen molar-refractivity contribution in [3.63, 3.8) is 0 Å². The quantitative estimate of drug-likeness (QED) is 0.357. The summed E-state index contributed by atoms with van der Waals surface area (Å²) >= 11 is 0. The van der Waals surface area contributed by atoms with Gasteiger partial charge in [0.2, 0.25) is 11.8 Å². The summed E-state index contributed by atoms with van der Waals surface area (Å²) in [5.41, 5.74) is 1.57. The highest BCUT2D eigenvalue weighted by atomic mass is 28.3. The second-order valence-corrected chi connectivity index (χ2v) is 15.4. The van der Waals surface area contributed by atoms with Crippen LogP contribution in [0.3, 0.4) is 0 Å². The van der Waals surface area contributed by atoms with Crippen LogP contribution in [0.1, 0.15) is 26.7 Å². The van der Waals surface area contributed by atoms with Crippen LogP contribution in [-0.4, -0.2) is 63.5 Å². The SMILES string of the molecule is C=C(/C=C\C(=C/C)COC)[C@@H](NC(=O)C1CCN(C(C)=O)CC1)C(=O)Nc1ccc([Si](C)(C)C)c(F)c1. The Morgan fingerprint density at radius 3 is 2.38 bits per heavy atom. The summed E-state index contributed by atoms with van der Waals surface area (Å²) in [6.07, 6.45) is 6.37. The number of hydrogen-bond acceptors (Lipinski definition) is 4. The molecule has 3 amide bonds. The minimum atomic E-state index is -1.87. The molecule has 0 aliphatic carbocycles. The van der Waals surface area contributed by atoms with E-state index in [1.54, 1.807) is 36.3 Å². The first-order chi connectivity index (χ1) is 17.4. The lowest BCUT2D eigenvalue weighted by molar-refractivity contribution is -0.134. The number of rotatable bonds is 10. The Hall–Kier alpha value is -3.04. The number of nitrogens with one attached hydrogen (secondary N) is 2. The Bertz CT molecular complexity index is 1070. The number of likely N-dealkylation sites (tertiary alicyclic amines) is 1. The van der Waals surface area contributed by atoms with E-state index in [4.69, 9.17) is 4.74 Å². The van der Waals surface area contributed by atoms with Crippen molar-refractivity contribution in [2.24, 2.45) is 5.92 Å². The maximum absolute atomic E-state index is 14.8. The molecule has 1 heterocycles. The summed E-state index contributed by atoms with van der Waals surface area (Å²) < 4.78 is 19.9. The third-order valence-electron chi connectivity index (χ3n) is 6.47. The van der Waals surface area contributed by atoms with Gasteiger partial charge in [0.15, 0.2) is 0 Å². The van der Waals surface area contributed by atoms with Crippen molar-refractivity contribution >= 4 is 36.7 Å². The zero-order valence-corrected chi connectivity index (χ0v) is 23.8. The van der Waals surface area contributed by atoms with E-state index in [9.17, 15) is 18.8 Å². The predicted molar refractivity (Wildman–Crippen MR) is 149 cm³/mol. The minimum absolute atomic E-state index is 0.0159. The molecule has 1 fully saturated rings. The molecule has 0 spiro atoms. The molecular formula is C28H40FN3O4Si. The first-order valence-electron chi connectivity index (χ1n) is 12.5. The topological polar surface area (TPSA) is 87.7 Å². The number of hydrogen-bond donors (Lipinski definition) is 2. The number of carbonyl (C=O) groups excluding carboxylic acids is 3. The van der Waals surface area contributed by atoms with Gasteiger partial charge in [-0.1, -0.05) is 50.5 Å². The van der Waals surface area contributed by atoms with Crippen molar-refractivity contribution in [2.45, 2.75) is 52.4 Å². The summed E-state index contributed by atoms with van der Waals surface area (Å²) in [7, 11) is -0.284. The normalized spacial score (nSPS) is 16.0. The zero-order chi connectivity index (χ0) is 27.8. The smallest absolute Gasteiger partial charge is 0.251 e. The van der Waals surface area contributed by atoms with E-state index in [1.807, 2.05) is 13.0 Å². The Labute approximate surface area is 220 Å². The van der Waals surface area contributed by atoms with Crippen molar-refractivity contribution in [2.75, 3.05) is 32.1 Å². The number of methoxy groups -OCH3 is 1. The number of amides is 3. The predicted octanol–water partition coefficient (Wildman–Crippen LogP) is 3.76.